The highest BCUT2D eigenvalue weighted by molar-refractivity contribution is 5.19. The highest BCUT2D eigenvalue weighted by atomic mass is 16.5. The molecule has 110 valence electrons. The van der Waals surface area contributed by atoms with Gasteiger partial charge in [-0.05, 0) is 31.2 Å². The summed E-state index contributed by atoms with van der Waals surface area (Å²) in [5.41, 5.74) is 1.03. The normalized spacial score (nSPS) is 29.9. The second kappa shape index (κ2) is 6.25. The van der Waals surface area contributed by atoms with Crippen molar-refractivity contribution in [3.63, 3.8) is 0 Å². The summed E-state index contributed by atoms with van der Waals surface area (Å²) in [6, 6.07) is 10.8. The highest BCUT2D eigenvalue weighted by Crippen LogP contribution is 2.34. The van der Waals surface area contributed by atoms with Crippen molar-refractivity contribution >= 4 is 0 Å². The van der Waals surface area contributed by atoms with E-state index in [0.717, 1.165) is 25.1 Å². The van der Waals surface area contributed by atoms with Crippen LogP contribution in [0, 0.1) is 0 Å². The molecule has 1 N–H and O–H groups in total. The molecule has 3 heteroatoms. The highest BCUT2D eigenvalue weighted by Gasteiger charge is 2.40. The second-order valence-electron chi connectivity index (χ2n) is 5.98. The van der Waals surface area contributed by atoms with Gasteiger partial charge < -0.3 is 9.84 Å². The van der Waals surface area contributed by atoms with Crippen LogP contribution in [-0.2, 0) is 4.74 Å². The van der Waals surface area contributed by atoms with Gasteiger partial charge in [-0.2, -0.15) is 0 Å². The molecular weight excluding hydrogens is 250 g/mol. The predicted molar refractivity (Wildman–Crippen MR) is 79.6 cm³/mol. The van der Waals surface area contributed by atoms with Crippen LogP contribution in [0.15, 0.2) is 30.3 Å². The van der Waals surface area contributed by atoms with Crippen molar-refractivity contribution in [2.45, 2.75) is 56.9 Å². The van der Waals surface area contributed by atoms with E-state index in [-0.39, 0.29) is 6.04 Å². The molecule has 1 aliphatic carbocycles. The van der Waals surface area contributed by atoms with E-state index < -0.39 is 6.10 Å². The first kappa shape index (κ1) is 14.1. The minimum atomic E-state index is -0.402. The third kappa shape index (κ3) is 2.62. The summed E-state index contributed by atoms with van der Waals surface area (Å²) >= 11 is 0. The van der Waals surface area contributed by atoms with E-state index >= 15 is 0 Å². The quantitative estimate of drug-likeness (QED) is 0.917. The van der Waals surface area contributed by atoms with E-state index in [4.69, 9.17) is 4.74 Å². The van der Waals surface area contributed by atoms with E-state index in [1.807, 2.05) is 30.3 Å². The maximum atomic E-state index is 10.8. The average molecular weight is 275 g/mol. The molecular formula is C17H25NO2. The second-order valence-corrected chi connectivity index (χ2v) is 5.98. The predicted octanol–water partition coefficient (Wildman–Crippen LogP) is 2.75. The van der Waals surface area contributed by atoms with Gasteiger partial charge in [0.05, 0.1) is 18.8 Å². The Labute approximate surface area is 121 Å². The molecule has 3 rings (SSSR count). The molecule has 0 aromatic heterocycles. The molecule has 4 atom stereocenters. The fraction of sp³-hybridized carbons (Fsp3) is 0.647. The molecule has 1 saturated heterocycles. The summed E-state index contributed by atoms with van der Waals surface area (Å²) < 4.78 is 5.89. The van der Waals surface area contributed by atoms with Crippen molar-refractivity contribution in [3.05, 3.63) is 35.9 Å². The first-order chi connectivity index (χ1) is 9.81. The third-order valence-electron chi connectivity index (χ3n) is 4.87. The molecule has 0 amide bonds. The Bertz CT molecular complexity index is 422. The summed E-state index contributed by atoms with van der Waals surface area (Å²) in [6.45, 7) is 3.93. The number of aliphatic hydroxyl groups is 1. The number of hydrogen-bond acceptors (Lipinski definition) is 3. The lowest BCUT2D eigenvalue weighted by atomic mass is 9.96. The van der Waals surface area contributed by atoms with Crippen LogP contribution >= 0.6 is 0 Å². The molecule has 1 aromatic carbocycles. The van der Waals surface area contributed by atoms with E-state index in [1.165, 1.54) is 19.3 Å². The Morgan fingerprint density at radius 2 is 2.10 bits per heavy atom. The van der Waals surface area contributed by atoms with Gasteiger partial charge in [0.1, 0.15) is 0 Å². The Morgan fingerprint density at radius 1 is 1.30 bits per heavy atom. The monoisotopic (exact) mass is 275 g/mol. The standard InChI is InChI=1S/C17H25NO2/c1-2-14(17(19)13-7-4-3-5-8-13)18-11-12-20-16-10-6-9-15(16)18/h3-5,7-8,14-17,19H,2,6,9-12H2,1H3. The van der Waals surface area contributed by atoms with Gasteiger partial charge in [-0.1, -0.05) is 37.3 Å². The number of fused-ring (bicyclic) bond motifs is 1. The molecule has 4 unspecified atom stereocenters. The first-order valence-electron chi connectivity index (χ1n) is 7.91. The van der Waals surface area contributed by atoms with E-state index in [9.17, 15) is 5.11 Å². The molecule has 3 nitrogen and oxygen atoms in total. The van der Waals surface area contributed by atoms with Crippen molar-refractivity contribution in [1.82, 2.24) is 4.90 Å². The lowest BCUT2D eigenvalue weighted by molar-refractivity contribution is -0.0930. The van der Waals surface area contributed by atoms with Crippen LogP contribution in [-0.4, -0.2) is 41.3 Å². The molecule has 1 aromatic rings. The molecule has 0 radical (unpaired) electrons. The van der Waals surface area contributed by atoms with Crippen LogP contribution in [0.25, 0.3) is 0 Å². The van der Waals surface area contributed by atoms with Crippen LogP contribution in [0.5, 0.6) is 0 Å². The average Bonchev–Trinajstić information content (AvgIpc) is 2.98. The lowest BCUT2D eigenvalue weighted by Gasteiger charge is -2.44. The van der Waals surface area contributed by atoms with Gasteiger partial charge in [0.2, 0.25) is 0 Å². The number of nitrogens with zero attached hydrogens (tertiary/aromatic N) is 1. The number of benzene rings is 1. The molecule has 2 fully saturated rings. The Balaban J connectivity index is 1.78. The van der Waals surface area contributed by atoms with E-state index in [0.29, 0.717) is 12.1 Å². The Hall–Kier alpha value is -0.900. The van der Waals surface area contributed by atoms with Gasteiger partial charge in [-0.25, -0.2) is 0 Å². The number of rotatable bonds is 4. The largest absolute Gasteiger partial charge is 0.387 e. The zero-order valence-corrected chi connectivity index (χ0v) is 12.2. The van der Waals surface area contributed by atoms with Crippen LogP contribution in [0.2, 0.25) is 0 Å². The molecule has 0 spiro atoms. The van der Waals surface area contributed by atoms with Crippen molar-refractivity contribution in [2.24, 2.45) is 0 Å². The van der Waals surface area contributed by atoms with Gasteiger partial charge >= 0.3 is 0 Å². The van der Waals surface area contributed by atoms with Crippen molar-refractivity contribution in [1.29, 1.82) is 0 Å². The summed E-state index contributed by atoms with van der Waals surface area (Å²) in [4.78, 5) is 2.51. The summed E-state index contributed by atoms with van der Waals surface area (Å²) in [6.07, 6.45) is 4.60. The minimum Gasteiger partial charge on any atom is -0.387 e. The first-order valence-corrected chi connectivity index (χ1v) is 7.91. The number of ether oxygens (including phenoxy) is 1. The van der Waals surface area contributed by atoms with Crippen molar-refractivity contribution in [2.75, 3.05) is 13.2 Å². The van der Waals surface area contributed by atoms with Gasteiger partial charge in [0.25, 0.3) is 0 Å². The van der Waals surface area contributed by atoms with Gasteiger partial charge in [0.15, 0.2) is 0 Å². The molecule has 1 heterocycles. The number of hydrogen-bond donors (Lipinski definition) is 1. The SMILES string of the molecule is CCC(C(O)c1ccccc1)N1CCOC2CCCC21. The third-order valence-corrected chi connectivity index (χ3v) is 4.87. The summed E-state index contributed by atoms with van der Waals surface area (Å²) in [7, 11) is 0. The maximum absolute atomic E-state index is 10.8. The van der Waals surface area contributed by atoms with Crippen LogP contribution in [0.4, 0.5) is 0 Å². The van der Waals surface area contributed by atoms with Crippen LogP contribution < -0.4 is 0 Å². The summed E-state index contributed by atoms with van der Waals surface area (Å²) in [5.74, 6) is 0. The molecule has 20 heavy (non-hydrogen) atoms. The molecule has 0 bridgehead atoms. The fourth-order valence-corrected chi connectivity index (χ4v) is 3.88. The van der Waals surface area contributed by atoms with Crippen molar-refractivity contribution in [3.8, 4) is 0 Å². The van der Waals surface area contributed by atoms with Crippen LogP contribution in [0.1, 0.15) is 44.3 Å². The Morgan fingerprint density at radius 3 is 2.85 bits per heavy atom. The lowest BCUT2D eigenvalue weighted by Crippen LogP contribution is -2.54. The van der Waals surface area contributed by atoms with Gasteiger partial charge in [-0.3, -0.25) is 4.90 Å². The van der Waals surface area contributed by atoms with Gasteiger partial charge in [-0.15, -0.1) is 0 Å². The zero-order valence-electron chi connectivity index (χ0n) is 12.2. The van der Waals surface area contributed by atoms with Gasteiger partial charge in [0, 0.05) is 18.6 Å². The number of aliphatic hydroxyl groups excluding tert-OH is 1. The smallest absolute Gasteiger partial charge is 0.0945 e. The minimum absolute atomic E-state index is 0.201. The molecule has 2 aliphatic rings. The zero-order chi connectivity index (χ0) is 13.9. The fourth-order valence-electron chi connectivity index (χ4n) is 3.88. The topological polar surface area (TPSA) is 32.7 Å². The van der Waals surface area contributed by atoms with Crippen molar-refractivity contribution < 1.29 is 9.84 Å². The maximum Gasteiger partial charge on any atom is 0.0945 e. The van der Waals surface area contributed by atoms with Crippen LogP contribution in [0.3, 0.4) is 0 Å². The summed E-state index contributed by atoms with van der Waals surface area (Å²) in [5, 5.41) is 10.8. The Kier molecular flexibility index (Phi) is 4.39. The van der Waals surface area contributed by atoms with E-state index in [1.54, 1.807) is 0 Å². The number of morpholine rings is 1. The van der Waals surface area contributed by atoms with E-state index in [2.05, 4.69) is 11.8 Å². The molecule has 1 aliphatic heterocycles. The molecule has 1 saturated carbocycles.